The van der Waals surface area contributed by atoms with Crippen LogP contribution in [0.25, 0.3) is 10.9 Å². The van der Waals surface area contributed by atoms with E-state index in [2.05, 4.69) is 10.2 Å². The second-order valence-electron chi connectivity index (χ2n) is 3.17. The molecule has 1 aromatic heterocycles. The number of aromatic nitrogens is 2. The van der Waals surface area contributed by atoms with Crippen LogP contribution in [-0.2, 0) is 15.5 Å². The van der Waals surface area contributed by atoms with Crippen molar-refractivity contribution in [1.82, 2.24) is 10.2 Å². The van der Waals surface area contributed by atoms with E-state index in [-0.39, 0.29) is 4.90 Å². The molecule has 0 unspecified atom stereocenters. The van der Waals surface area contributed by atoms with E-state index in [1.54, 1.807) is 12.1 Å². The van der Waals surface area contributed by atoms with Crippen LogP contribution in [0.2, 0.25) is 0 Å². The molecule has 15 heavy (non-hydrogen) atoms. The Morgan fingerprint density at radius 2 is 2.20 bits per heavy atom. The fraction of sp³-hybridized carbons (Fsp3) is 0.222. The lowest BCUT2D eigenvalue weighted by Crippen LogP contribution is -1.90. The largest absolute Gasteiger partial charge is 0.281 e. The number of H-pyrrole nitrogens is 1. The minimum atomic E-state index is -3.67. The summed E-state index contributed by atoms with van der Waals surface area (Å²) >= 11 is 0. The van der Waals surface area contributed by atoms with Gasteiger partial charge >= 0.3 is 0 Å². The van der Waals surface area contributed by atoms with E-state index in [0.29, 0.717) is 0 Å². The summed E-state index contributed by atoms with van der Waals surface area (Å²) in [6.07, 6.45) is 0.766. The van der Waals surface area contributed by atoms with Gasteiger partial charge in [-0.3, -0.25) is 5.10 Å². The summed E-state index contributed by atoms with van der Waals surface area (Å²) in [5.41, 5.74) is 1.66. The maximum atomic E-state index is 11.1. The molecule has 0 aliphatic rings. The van der Waals surface area contributed by atoms with Gasteiger partial charge in [0.1, 0.15) is 0 Å². The van der Waals surface area contributed by atoms with Crippen LogP contribution in [-0.4, -0.2) is 18.6 Å². The Hall–Kier alpha value is -1.07. The Kier molecular flexibility index (Phi) is 2.44. The highest BCUT2D eigenvalue weighted by Crippen LogP contribution is 2.22. The lowest BCUT2D eigenvalue weighted by molar-refractivity contribution is 0.609. The van der Waals surface area contributed by atoms with Gasteiger partial charge in [-0.15, -0.1) is 0 Å². The maximum absolute atomic E-state index is 11.1. The van der Waals surface area contributed by atoms with E-state index in [9.17, 15) is 8.42 Å². The summed E-state index contributed by atoms with van der Waals surface area (Å²) in [7, 11) is 1.60. The summed E-state index contributed by atoms with van der Waals surface area (Å²) in [5, 5.41) is 7.71. The second-order valence-corrected chi connectivity index (χ2v) is 5.74. The predicted octanol–water partition coefficient (Wildman–Crippen LogP) is 2.05. The number of halogens is 1. The molecule has 80 valence electrons. The quantitative estimate of drug-likeness (QED) is 0.823. The third-order valence-corrected chi connectivity index (χ3v) is 3.59. The van der Waals surface area contributed by atoms with Gasteiger partial charge in [0, 0.05) is 21.8 Å². The van der Waals surface area contributed by atoms with Crippen LogP contribution in [0.4, 0.5) is 0 Å². The van der Waals surface area contributed by atoms with Gasteiger partial charge in [0.15, 0.2) is 0 Å². The van der Waals surface area contributed by atoms with E-state index in [4.69, 9.17) is 10.7 Å². The monoisotopic (exact) mass is 244 g/mol. The van der Waals surface area contributed by atoms with Gasteiger partial charge in [0.05, 0.1) is 10.4 Å². The molecule has 1 N–H and O–H groups in total. The van der Waals surface area contributed by atoms with Gasteiger partial charge in [-0.05, 0) is 24.6 Å². The van der Waals surface area contributed by atoms with Crippen molar-refractivity contribution < 1.29 is 8.42 Å². The van der Waals surface area contributed by atoms with Gasteiger partial charge in [0.2, 0.25) is 0 Å². The molecule has 1 heterocycles. The Balaban J connectivity index is 2.73. The number of nitrogens with one attached hydrogen (secondary N) is 1. The molecule has 4 nitrogen and oxygen atoms in total. The number of aromatic amines is 1. The van der Waals surface area contributed by atoms with Crippen molar-refractivity contribution in [2.24, 2.45) is 0 Å². The predicted molar refractivity (Wildman–Crippen MR) is 58.5 cm³/mol. The first-order valence-corrected chi connectivity index (χ1v) is 6.75. The highest BCUT2D eigenvalue weighted by molar-refractivity contribution is 8.13. The van der Waals surface area contributed by atoms with Crippen LogP contribution in [0.5, 0.6) is 0 Å². The maximum Gasteiger partial charge on any atom is 0.261 e. The summed E-state index contributed by atoms with van der Waals surface area (Å²) < 4.78 is 22.3. The molecule has 0 amide bonds. The van der Waals surface area contributed by atoms with Gasteiger partial charge in [-0.25, -0.2) is 8.42 Å². The minimum Gasteiger partial charge on any atom is -0.281 e. The van der Waals surface area contributed by atoms with Crippen LogP contribution in [0.3, 0.4) is 0 Å². The van der Waals surface area contributed by atoms with E-state index < -0.39 is 9.05 Å². The number of hydrogen-bond donors (Lipinski definition) is 1. The van der Waals surface area contributed by atoms with Crippen molar-refractivity contribution in [3.8, 4) is 0 Å². The average Bonchev–Trinajstić information content (AvgIpc) is 2.57. The summed E-state index contributed by atoms with van der Waals surface area (Å²) in [4.78, 5) is 0.104. The highest BCUT2D eigenvalue weighted by atomic mass is 35.7. The number of fused-ring (bicyclic) bond motifs is 1. The van der Waals surface area contributed by atoms with Crippen molar-refractivity contribution in [3.63, 3.8) is 0 Å². The van der Waals surface area contributed by atoms with Crippen LogP contribution in [0.1, 0.15) is 12.6 Å². The fourth-order valence-corrected chi connectivity index (χ4v) is 2.24. The molecule has 0 bridgehead atoms. The molecule has 0 spiro atoms. The van der Waals surface area contributed by atoms with Gasteiger partial charge in [-0.2, -0.15) is 5.10 Å². The molecule has 0 radical (unpaired) electrons. The molecule has 0 atom stereocenters. The molecular weight excluding hydrogens is 236 g/mol. The summed E-state index contributed by atoms with van der Waals surface area (Å²) in [6, 6.07) is 4.63. The number of rotatable bonds is 2. The summed E-state index contributed by atoms with van der Waals surface area (Å²) in [5.74, 6) is 0. The first kappa shape index (κ1) is 10.4. The molecule has 0 aliphatic carbocycles. The molecule has 0 saturated carbocycles. The smallest absolute Gasteiger partial charge is 0.261 e. The van der Waals surface area contributed by atoms with E-state index >= 15 is 0 Å². The summed E-state index contributed by atoms with van der Waals surface area (Å²) in [6.45, 7) is 1.97. The van der Waals surface area contributed by atoms with E-state index in [1.807, 2.05) is 6.92 Å². The van der Waals surface area contributed by atoms with Gasteiger partial charge < -0.3 is 0 Å². The zero-order valence-corrected chi connectivity index (χ0v) is 9.56. The molecule has 2 rings (SSSR count). The lowest BCUT2D eigenvalue weighted by atomic mass is 10.2. The molecule has 2 aromatic rings. The van der Waals surface area contributed by atoms with Gasteiger partial charge in [0.25, 0.3) is 9.05 Å². The topological polar surface area (TPSA) is 62.8 Å². The van der Waals surface area contributed by atoms with E-state index in [1.165, 1.54) is 6.07 Å². The van der Waals surface area contributed by atoms with Crippen LogP contribution < -0.4 is 0 Å². The number of hydrogen-bond acceptors (Lipinski definition) is 3. The Morgan fingerprint density at radius 1 is 1.47 bits per heavy atom. The number of aryl methyl sites for hydroxylation is 1. The number of benzene rings is 1. The van der Waals surface area contributed by atoms with Gasteiger partial charge in [-0.1, -0.05) is 6.92 Å². The Bertz CT molecular complexity index is 604. The molecule has 1 aromatic carbocycles. The normalized spacial score (nSPS) is 12.1. The van der Waals surface area contributed by atoms with Crippen molar-refractivity contribution in [2.75, 3.05) is 0 Å². The van der Waals surface area contributed by atoms with Crippen molar-refractivity contribution in [3.05, 3.63) is 23.9 Å². The zero-order valence-electron chi connectivity index (χ0n) is 7.99. The standard InChI is InChI=1S/C9H9ClN2O2S/c1-2-8-7-5-6(15(10,13)14)3-4-9(7)12-11-8/h3-5H,2H2,1H3,(H,11,12). The van der Waals surface area contributed by atoms with E-state index in [0.717, 1.165) is 23.0 Å². The van der Waals surface area contributed by atoms with Crippen molar-refractivity contribution in [1.29, 1.82) is 0 Å². The third kappa shape index (κ3) is 1.85. The molecular formula is C9H9ClN2O2S. The first-order valence-electron chi connectivity index (χ1n) is 4.44. The SMILES string of the molecule is CCc1[nH]nc2ccc(S(=O)(=O)Cl)cc12. The average molecular weight is 245 g/mol. The highest BCUT2D eigenvalue weighted by Gasteiger charge is 2.12. The van der Waals surface area contributed by atoms with Crippen LogP contribution in [0, 0.1) is 0 Å². The molecule has 0 fully saturated rings. The Morgan fingerprint density at radius 3 is 2.80 bits per heavy atom. The van der Waals surface area contributed by atoms with Crippen molar-refractivity contribution in [2.45, 2.75) is 18.2 Å². The third-order valence-electron chi connectivity index (χ3n) is 2.24. The first-order chi connectivity index (χ1) is 7.02. The molecule has 0 saturated heterocycles. The fourth-order valence-electron chi connectivity index (χ4n) is 1.46. The second kappa shape index (κ2) is 3.50. The van der Waals surface area contributed by atoms with Crippen LogP contribution in [0.15, 0.2) is 23.1 Å². The lowest BCUT2D eigenvalue weighted by Gasteiger charge is -1.96. The molecule has 6 heteroatoms. The molecule has 0 aliphatic heterocycles. The number of nitrogens with zero attached hydrogens (tertiary/aromatic N) is 1. The minimum absolute atomic E-state index is 0.104. The van der Waals surface area contributed by atoms with Crippen molar-refractivity contribution >= 4 is 30.6 Å². The Labute approximate surface area is 91.7 Å². The zero-order chi connectivity index (χ0) is 11.1. The van der Waals surface area contributed by atoms with Crippen LogP contribution >= 0.6 is 10.7 Å².